The fraction of sp³-hybridized carbons (Fsp3) is 0.273. The number of nitrogens with one attached hydrogen (secondary N) is 2. The molecule has 2 aromatic heterocycles. The van der Waals surface area contributed by atoms with E-state index in [1.54, 1.807) is 0 Å². The fourth-order valence-electron chi connectivity index (χ4n) is 7.64. The molecule has 2 aliphatic rings. The Kier molecular flexibility index (Phi) is 10.2. The Morgan fingerprint density at radius 1 is 0.585 bits per heavy atom. The van der Waals surface area contributed by atoms with Crippen molar-refractivity contribution in [3.05, 3.63) is 155 Å². The maximum absolute atomic E-state index is 13.2. The van der Waals surface area contributed by atoms with Crippen molar-refractivity contribution in [3.63, 3.8) is 0 Å². The number of likely N-dealkylation sites (tertiary alicyclic amines) is 2. The van der Waals surface area contributed by atoms with Crippen LogP contribution in [-0.2, 0) is 40.4 Å². The number of aromatic nitrogens is 4. The van der Waals surface area contributed by atoms with Gasteiger partial charge in [0.05, 0.1) is 61.9 Å². The monoisotopic (exact) mass is 704 g/mol. The summed E-state index contributed by atoms with van der Waals surface area (Å²) in [5, 5.41) is 0. The van der Waals surface area contributed by atoms with Gasteiger partial charge < -0.3 is 24.5 Å². The predicted molar refractivity (Wildman–Crippen MR) is 204 cm³/mol. The Bertz CT molecular complexity index is 2140. The molecule has 0 bridgehead atoms. The summed E-state index contributed by atoms with van der Waals surface area (Å²) in [6.45, 7) is 2.48. The summed E-state index contributed by atoms with van der Waals surface area (Å²) in [7, 11) is 0. The molecule has 8 rings (SSSR count). The highest BCUT2D eigenvalue weighted by Gasteiger charge is 2.33. The third-order valence-corrected chi connectivity index (χ3v) is 10.4. The van der Waals surface area contributed by atoms with Crippen molar-refractivity contribution in [3.8, 4) is 22.5 Å². The van der Waals surface area contributed by atoms with E-state index in [1.807, 2.05) is 88.9 Å². The zero-order valence-electron chi connectivity index (χ0n) is 29.8. The Labute approximate surface area is 310 Å². The van der Waals surface area contributed by atoms with Gasteiger partial charge in [0.25, 0.3) is 0 Å². The van der Waals surface area contributed by atoms with E-state index >= 15 is 0 Å². The summed E-state index contributed by atoms with van der Waals surface area (Å²) in [5.74, 6) is 1.96. The van der Waals surface area contributed by atoms with Crippen LogP contribution in [0.2, 0.25) is 0 Å². The molecule has 2 atom stereocenters. The molecule has 268 valence electrons. The lowest BCUT2D eigenvalue weighted by atomic mass is 10.1. The Morgan fingerprint density at radius 3 is 1.66 bits per heavy atom. The molecule has 9 nitrogen and oxygen atoms in total. The van der Waals surface area contributed by atoms with Crippen LogP contribution in [0, 0.1) is 0 Å². The minimum absolute atomic E-state index is 0.0278. The molecule has 2 N–H and O–H groups in total. The van der Waals surface area contributed by atoms with Gasteiger partial charge in [-0.15, -0.1) is 0 Å². The summed E-state index contributed by atoms with van der Waals surface area (Å²) < 4.78 is 6.14. The van der Waals surface area contributed by atoms with Crippen LogP contribution in [0.15, 0.2) is 122 Å². The highest BCUT2D eigenvalue weighted by atomic mass is 16.5. The van der Waals surface area contributed by atoms with E-state index in [-0.39, 0.29) is 23.9 Å². The van der Waals surface area contributed by atoms with E-state index in [0.717, 1.165) is 95.2 Å². The van der Waals surface area contributed by atoms with Gasteiger partial charge in [-0.25, -0.2) is 9.97 Å². The van der Waals surface area contributed by atoms with E-state index in [4.69, 9.17) is 14.7 Å². The maximum Gasteiger partial charge on any atom is 0.227 e. The quantitative estimate of drug-likeness (QED) is 0.134. The van der Waals surface area contributed by atoms with Crippen LogP contribution in [0.25, 0.3) is 22.5 Å². The standard InChI is InChI=1S/C44H44N6O3/c51-41(25-31-10-3-1-4-11-31)49-22-8-16-39(49)43-45-27-37(47-43)35-20-18-33(19-21-35)29-53-30-34-14-7-15-36(24-34)38-28-46-44(48-38)40-17-9-23-50(40)42(52)26-32-12-5-2-6-13-32/h1-7,10-15,18-21,24,27-28,39-40H,8-9,16-17,22-23,25-26,29-30H2,(H,45,47)(H,46,48). The number of benzene rings is 4. The van der Waals surface area contributed by atoms with E-state index < -0.39 is 0 Å². The Morgan fingerprint density at radius 2 is 1.09 bits per heavy atom. The van der Waals surface area contributed by atoms with Gasteiger partial charge in [-0.1, -0.05) is 103 Å². The van der Waals surface area contributed by atoms with Crippen molar-refractivity contribution in [1.29, 1.82) is 0 Å². The molecule has 4 aromatic carbocycles. The first-order chi connectivity index (χ1) is 26.1. The van der Waals surface area contributed by atoms with Crippen molar-refractivity contribution in [2.24, 2.45) is 0 Å². The molecular formula is C44H44N6O3. The predicted octanol–water partition coefficient (Wildman–Crippen LogP) is 8.00. The number of H-pyrrole nitrogens is 2. The van der Waals surface area contributed by atoms with Crippen molar-refractivity contribution < 1.29 is 14.3 Å². The van der Waals surface area contributed by atoms with E-state index in [2.05, 4.69) is 52.4 Å². The smallest absolute Gasteiger partial charge is 0.227 e. The van der Waals surface area contributed by atoms with Crippen LogP contribution in [0.3, 0.4) is 0 Å². The van der Waals surface area contributed by atoms with E-state index in [9.17, 15) is 9.59 Å². The molecule has 2 unspecified atom stereocenters. The van der Waals surface area contributed by atoms with E-state index in [1.165, 1.54) is 0 Å². The van der Waals surface area contributed by atoms with Crippen LogP contribution in [0.4, 0.5) is 0 Å². The van der Waals surface area contributed by atoms with Gasteiger partial charge in [0.1, 0.15) is 11.6 Å². The molecule has 2 fully saturated rings. The molecule has 53 heavy (non-hydrogen) atoms. The van der Waals surface area contributed by atoms with Crippen molar-refractivity contribution in [1.82, 2.24) is 29.7 Å². The van der Waals surface area contributed by atoms with Gasteiger partial charge in [-0.3, -0.25) is 9.59 Å². The van der Waals surface area contributed by atoms with Gasteiger partial charge in [0, 0.05) is 13.1 Å². The van der Waals surface area contributed by atoms with Crippen LogP contribution >= 0.6 is 0 Å². The van der Waals surface area contributed by atoms with Gasteiger partial charge in [-0.2, -0.15) is 0 Å². The molecule has 0 saturated carbocycles. The summed E-state index contributed by atoms with van der Waals surface area (Å²) in [4.78, 5) is 46.7. The SMILES string of the molecule is O=C(Cc1ccccc1)N1CCCC1c1ncc(-c2ccc(COCc3cccc(-c4cnc(C5CCCN5C(=O)Cc5ccccc5)[nH]4)c3)cc2)[nH]1. The van der Waals surface area contributed by atoms with E-state index in [0.29, 0.717) is 26.1 Å². The second-order valence-corrected chi connectivity index (χ2v) is 14.1. The molecular weight excluding hydrogens is 661 g/mol. The number of hydrogen-bond acceptors (Lipinski definition) is 5. The second-order valence-electron chi connectivity index (χ2n) is 14.1. The number of imidazole rings is 2. The van der Waals surface area contributed by atoms with Gasteiger partial charge >= 0.3 is 0 Å². The Balaban J connectivity index is 0.844. The highest BCUT2D eigenvalue weighted by molar-refractivity contribution is 5.80. The normalized spacial score (nSPS) is 17.1. The van der Waals surface area contributed by atoms with Crippen LogP contribution in [0.1, 0.15) is 71.7 Å². The lowest BCUT2D eigenvalue weighted by Crippen LogP contribution is -2.32. The van der Waals surface area contributed by atoms with Crippen LogP contribution in [0.5, 0.6) is 0 Å². The number of carbonyl (C=O) groups excluding carboxylic acids is 2. The fourth-order valence-corrected chi connectivity index (χ4v) is 7.64. The highest BCUT2D eigenvalue weighted by Crippen LogP contribution is 2.34. The van der Waals surface area contributed by atoms with Gasteiger partial charge in [-0.05, 0) is 65.1 Å². The Hall–Kier alpha value is -5.80. The number of amides is 2. The first-order valence-corrected chi connectivity index (χ1v) is 18.6. The maximum atomic E-state index is 13.2. The number of aromatic amines is 2. The van der Waals surface area contributed by atoms with Crippen LogP contribution in [-0.4, -0.2) is 54.6 Å². The van der Waals surface area contributed by atoms with Crippen LogP contribution < -0.4 is 0 Å². The molecule has 0 spiro atoms. The minimum Gasteiger partial charge on any atom is -0.372 e. The summed E-state index contributed by atoms with van der Waals surface area (Å²) in [6, 6.07) is 36.4. The molecule has 9 heteroatoms. The number of ether oxygens (including phenoxy) is 1. The first-order valence-electron chi connectivity index (χ1n) is 18.6. The lowest BCUT2D eigenvalue weighted by Gasteiger charge is -2.23. The first kappa shape index (κ1) is 34.3. The average Bonchev–Trinajstić information content (AvgIpc) is 4.03. The van der Waals surface area contributed by atoms with Crippen molar-refractivity contribution in [2.45, 2.75) is 63.8 Å². The minimum atomic E-state index is -0.0355. The number of carbonyl (C=O) groups is 2. The summed E-state index contributed by atoms with van der Waals surface area (Å²) in [6.07, 6.45) is 8.31. The zero-order chi connectivity index (χ0) is 36.0. The summed E-state index contributed by atoms with van der Waals surface area (Å²) in [5.41, 5.74) is 8.17. The largest absolute Gasteiger partial charge is 0.372 e. The summed E-state index contributed by atoms with van der Waals surface area (Å²) >= 11 is 0. The van der Waals surface area contributed by atoms with Gasteiger partial charge in [0.15, 0.2) is 0 Å². The lowest BCUT2D eigenvalue weighted by molar-refractivity contribution is -0.132. The van der Waals surface area contributed by atoms with Crippen molar-refractivity contribution >= 4 is 11.8 Å². The molecule has 2 amide bonds. The number of rotatable bonds is 12. The molecule has 6 aromatic rings. The number of nitrogens with zero attached hydrogens (tertiary/aromatic N) is 4. The molecule has 0 aliphatic carbocycles. The van der Waals surface area contributed by atoms with Gasteiger partial charge in [0.2, 0.25) is 11.8 Å². The second kappa shape index (κ2) is 15.8. The van der Waals surface area contributed by atoms with Crippen molar-refractivity contribution in [2.75, 3.05) is 13.1 Å². The average molecular weight is 705 g/mol. The number of hydrogen-bond donors (Lipinski definition) is 2. The molecule has 4 heterocycles. The topological polar surface area (TPSA) is 107 Å². The molecule has 2 aliphatic heterocycles. The molecule has 2 saturated heterocycles. The zero-order valence-corrected chi connectivity index (χ0v) is 29.8. The molecule has 0 radical (unpaired) electrons. The third kappa shape index (κ3) is 8.00. The third-order valence-electron chi connectivity index (χ3n) is 10.4.